The molecule has 8 nitrogen and oxygen atoms in total. The smallest absolute Gasteiger partial charge is 0.322 e. The van der Waals surface area contributed by atoms with Gasteiger partial charge in [0, 0.05) is 18.2 Å². The monoisotopic (exact) mass is 448 g/mol. The summed E-state index contributed by atoms with van der Waals surface area (Å²) < 4.78 is 32.4. The number of carbonyl (C=O) groups excluding carboxylic acids is 1. The number of nitrogens with zero attached hydrogens (tertiary/aromatic N) is 3. The number of aryl methyl sites for hydroxylation is 1. The Kier molecular flexibility index (Phi) is 5.74. The van der Waals surface area contributed by atoms with Crippen LogP contribution in [-0.4, -0.2) is 31.6 Å². The Balaban J connectivity index is 1.48. The van der Waals surface area contributed by atoms with E-state index in [1.54, 1.807) is 24.3 Å². The van der Waals surface area contributed by atoms with Gasteiger partial charge in [-0.1, -0.05) is 41.0 Å². The van der Waals surface area contributed by atoms with Crippen molar-refractivity contribution < 1.29 is 17.6 Å². The first-order valence-corrected chi connectivity index (χ1v) is 11.1. The van der Waals surface area contributed by atoms with Crippen molar-refractivity contribution in [3.05, 3.63) is 90.0 Å². The Bertz CT molecular complexity index is 1350. The SMILES string of the molecule is Cc1cccc(-c2nnc(NC(=O)c3ccc(S(=O)(=O)N(C)c4ccccc4)cc3)o2)c1. The molecule has 4 aromatic rings. The summed E-state index contributed by atoms with van der Waals surface area (Å²) in [7, 11) is -2.28. The van der Waals surface area contributed by atoms with E-state index in [2.05, 4.69) is 15.5 Å². The zero-order chi connectivity index (χ0) is 22.7. The van der Waals surface area contributed by atoms with Crippen molar-refractivity contribution in [1.82, 2.24) is 10.2 Å². The third kappa shape index (κ3) is 4.37. The van der Waals surface area contributed by atoms with Gasteiger partial charge in [-0.2, -0.15) is 0 Å². The normalized spacial score (nSPS) is 11.2. The van der Waals surface area contributed by atoms with Gasteiger partial charge in [-0.05, 0) is 55.5 Å². The topological polar surface area (TPSA) is 105 Å². The molecule has 32 heavy (non-hydrogen) atoms. The molecule has 0 aliphatic carbocycles. The predicted molar refractivity (Wildman–Crippen MR) is 121 cm³/mol. The van der Waals surface area contributed by atoms with E-state index in [9.17, 15) is 13.2 Å². The minimum absolute atomic E-state index is 0.0491. The second-order valence-corrected chi connectivity index (χ2v) is 9.04. The summed E-state index contributed by atoms with van der Waals surface area (Å²) in [5, 5.41) is 10.3. The lowest BCUT2D eigenvalue weighted by Gasteiger charge is -2.19. The minimum atomic E-state index is -3.76. The molecule has 4 rings (SSSR count). The quantitative estimate of drug-likeness (QED) is 0.476. The molecule has 0 bridgehead atoms. The summed E-state index contributed by atoms with van der Waals surface area (Å²) in [6, 6.07) is 21.9. The van der Waals surface area contributed by atoms with Crippen LogP contribution in [0.15, 0.2) is 88.2 Å². The molecule has 0 spiro atoms. The fraction of sp³-hybridized carbons (Fsp3) is 0.0870. The standard InChI is InChI=1S/C23H20N4O4S/c1-16-7-6-8-18(15-16)22-25-26-23(31-22)24-21(28)17-11-13-20(14-12-17)32(29,30)27(2)19-9-4-3-5-10-19/h3-15H,1-2H3,(H,24,26,28). The maximum absolute atomic E-state index is 12.9. The van der Waals surface area contributed by atoms with Gasteiger partial charge in [0.05, 0.1) is 10.6 Å². The maximum atomic E-state index is 12.9. The number of anilines is 2. The number of amides is 1. The number of aromatic nitrogens is 2. The molecule has 0 radical (unpaired) electrons. The number of nitrogens with one attached hydrogen (secondary N) is 1. The summed E-state index contributed by atoms with van der Waals surface area (Å²) in [6.07, 6.45) is 0. The van der Waals surface area contributed by atoms with Crippen molar-refractivity contribution in [1.29, 1.82) is 0 Å². The first-order valence-electron chi connectivity index (χ1n) is 9.70. The van der Waals surface area contributed by atoms with Crippen LogP contribution in [0, 0.1) is 6.92 Å². The molecule has 0 fully saturated rings. The lowest BCUT2D eigenvalue weighted by Crippen LogP contribution is -2.26. The van der Waals surface area contributed by atoms with Gasteiger partial charge in [-0.25, -0.2) is 8.42 Å². The minimum Gasteiger partial charge on any atom is -0.403 e. The summed E-state index contributed by atoms with van der Waals surface area (Å²) in [5.41, 5.74) is 2.58. The van der Waals surface area contributed by atoms with Crippen LogP contribution in [0.5, 0.6) is 0 Å². The second-order valence-electron chi connectivity index (χ2n) is 7.07. The maximum Gasteiger partial charge on any atom is 0.322 e. The molecular weight excluding hydrogens is 428 g/mol. The zero-order valence-electron chi connectivity index (χ0n) is 17.4. The number of sulfonamides is 1. The van der Waals surface area contributed by atoms with Gasteiger partial charge in [-0.3, -0.25) is 14.4 Å². The number of carbonyl (C=O) groups is 1. The number of rotatable bonds is 6. The highest BCUT2D eigenvalue weighted by Gasteiger charge is 2.22. The van der Waals surface area contributed by atoms with Gasteiger partial charge in [-0.15, -0.1) is 5.10 Å². The van der Waals surface area contributed by atoms with Gasteiger partial charge in [0.1, 0.15) is 0 Å². The summed E-state index contributed by atoms with van der Waals surface area (Å²) in [4.78, 5) is 12.6. The molecule has 0 unspecified atom stereocenters. The van der Waals surface area contributed by atoms with Crippen molar-refractivity contribution >= 4 is 27.6 Å². The van der Waals surface area contributed by atoms with E-state index in [1.165, 1.54) is 35.6 Å². The van der Waals surface area contributed by atoms with Crippen LogP contribution in [0.25, 0.3) is 11.5 Å². The molecule has 1 heterocycles. The van der Waals surface area contributed by atoms with Crippen LogP contribution >= 0.6 is 0 Å². The number of benzene rings is 3. The lowest BCUT2D eigenvalue weighted by molar-refractivity contribution is 0.102. The van der Waals surface area contributed by atoms with Gasteiger partial charge in [0.25, 0.3) is 15.9 Å². The second kappa shape index (κ2) is 8.64. The van der Waals surface area contributed by atoms with E-state index in [0.29, 0.717) is 5.69 Å². The first-order chi connectivity index (χ1) is 15.3. The molecule has 1 aromatic heterocycles. The van der Waals surface area contributed by atoms with Gasteiger partial charge in [0.15, 0.2) is 0 Å². The zero-order valence-corrected chi connectivity index (χ0v) is 18.2. The predicted octanol–water partition coefficient (Wildman–Crippen LogP) is 4.12. The Morgan fingerprint density at radius 1 is 0.938 bits per heavy atom. The lowest BCUT2D eigenvalue weighted by atomic mass is 10.1. The Morgan fingerprint density at radius 2 is 1.66 bits per heavy atom. The highest BCUT2D eigenvalue weighted by Crippen LogP contribution is 2.23. The molecule has 1 amide bonds. The van der Waals surface area contributed by atoms with Crippen molar-refractivity contribution in [3.8, 4) is 11.5 Å². The summed E-state index contributed by atoms with van der Waals surface area (Å²) in [6.45, 7) is 1.95. The Labute approximate surface area is 185 Å². The van der Waals surface area contributed by atoms with Crippen LogP contribution in [0.2, 0.25) is 0 Å². The van der Waals surface area contributed by atoms with Crippen LogP contribution < -0.4 is 9.62 Å². The molecule has 0 aliphatic rings. The van der Waals surface area contributed by atoms with E-state index >= 15 is 0 Å². The van der Waals surface area contributed by atoms with Crippen molar-refractivity contribution in [2.75, 3.05) is 16.7 Å². The van der Waals surface area contributed by atoms with Crippen molar-refractivity contribution in [2.45, 2.75) is 11.8 Å². The van der Waals surface area contributed by atoms with Gasteiger partial charge >= 0.3 is 6.01 Å². The average molecular weight is 449 g/mol. The van der Waals surface area contributed by atoms with Crippen LogP contribution in [0.1, 0.15) is 15.9 Å². The first kappa shape index (κ1) is 21.3. The molecule has 9 heteroatoms. The molecule has 0 aliphatic heterocycles. The largest absolute Gasteiger partial charge is 0.403 e. The molecule has 162 valence electrons. The van der Waals surface area contributed by atoms with Crippen molar-refractivity contribution in [2.24, 2.45) is 0 Å². The third-order valence-electron chi connectivity index (χ3n) is 4.81. The average Bonchev–Trinajstić information content (AvgIpc) is 3.27. The van der Waals surface area contributed by atoms with Gasteiger partial charge < -0.3 is 4.42 Å². The fourth-order valence-corrected chi connectivity index (χ4v) is 4.25. The van der Waals surface area contributed by atoms with E-state index in [4.69, 9.17) is 4.42 Å². The molecular formula is C23H20N4O4S. The van der Waals surface area contributed by atoms with Crippen LogP contribution in [-0.2, 0) is 10.0 Å². The van der Waals surface area contributed by atoms with E-state index in [1.807, 2.05) is 37.3 Å². The molecule has 0 atom stereocenters. The molecule has 0 saturated heterocycles. The highest BCUT2D eigenvalue weighted by molar-refractivity contribution is 7.92. The van der Waals surface area contributed by atoms with E-state index < -0.39 is 15.9 Å². The van der Waals surface area contributed by atoms with Gasteiger partial charge in [0.2, 0.25) is 5.89 Å². The number of hydrogen-bond acceptors (Lipinski definition) is 6. The fourth-order valence-electron chi connectivity index (χ4n) is 3.05. The van der Waals surface area contributed by atoms with Crippen LogP contribution in [0.4, 0.5) is 11.7 Å². The van der Waals surface area contributed by atoms with E-state index in [0.717, 1.165) is 11.1 Å². The molecule has 0 saturated carbocycles. The highest BCUT2D eigenvalue weighted by atomic mass is 32.2. The summed E-state index contributed by atoms with van der Waals surface area (Å²) in [5.74, 6) is -0.209. The van der Waals surface area contributed by atoms with Crippen LogP contribution in [0.3, 0.4) is 0 Å². The third-order valence-corrected chi connectivity index (χ3v) is 6.60. The molecule has 1 N–H and O–H groups in total. The van der Waals surface area contributed by atoms with E-state index in [-0.39, 0.29) is 22.4 Å². The Hall–Kier alpha value is -3.98. The number of para-hydroxylation sites is 1. The molecule has 3 aromatic carbocycles. The van der Waals surface area contributed by atoms with Crippen molar-refractivity contribution in [3.63, 3.8) is 0 Å². The number of hydrogen-bond donors (Lipinski definition) is 1. The summed E-state index contributed by atoms with van der Waals surface area (Å²) >= 11 is 0. The Morgan fingerprint density at radius 3 is 2.34 bits per heavy atom.